The lowest BCUT2D eigenvalue weighted by Crippen LogP contribution is -2.18. The molecule has 162 valence electrons. The van der Waals surface area contributed by atoms with Gasteiger partial charge in [-0.25, -0.2) is 4.98 Å². The highest BCUT2D eigenvalue weighted by atomic mass is 19.4. The molecule has 1 aromatic carbocycles. The first-order valence-electron chi connectivity index (χ1n) is 9.48. The Morgan fingerprint density at radius 2 is 2.06 bits per heavy atom. The van der Waals surface area contributed by atoms with Gasteiger partial charge < -0.3 is 15.7 Å². The van der Waals surface area contributed by atoms with Crippen LogP contribution in [0.3, 0.4) is 0 Å². The summed E-state index contributed by atoms with van der Waals surface area (Å²) in [6.07, 6.45) is -1.94. The van der Waals surface area contributed by atoms with Crippen molar-refractivity contribution >= 4 is 17.2 Å². The fourth-order valence-electron chi connectivity index (χ4n) is 3.19. The van der Waals surface area contributed by atoms with Crippen molar-refractivity contribution in [2.75, 3.05) is 25.5 Å². The van der Waals surface area contributed by atoms with Gasteiger partial charge in [0.15, 0.2) is 5.65 Å². The third-order valence-corrected chi connectivity index (χ3v) is 4.64. The lowest BCUT2D eigenvalue weighted by molar-refractivity contribution is -0.131. The van der Waals surface area contributed by atoms with E-state index in [1.165, 1.54) is 0 Å². The summed E-state index contributed by atoms with van der Waals surface area (Å²) in [6.45, 7) is 1.17. The highest BCUT2D eigenvalue weighted by Crippen LogP contribution is 2.28. The summed E-state index contributed by atoms with van der Waals surface area (Å²) in [5.41, 5.74) is 4.14. The Hall–Kier alpha value is -3.51. The lowest BCUT2D eigenvalue weighted by Gasteiger charge is -2.12. The van der Waals surface area contributed by atoms with Crippen LogP contribution in [0, 0.1) is 18.8 Å². The number of carbonyl (C=O) groups excluding carboxylic acids is 1. The molecule has 9 heteroatoms. The van der Waals surface area contributed by atoms with Crippen molar-refractivity contribution < 1.29 is 23.1 Å². The Balaban J connectivity index is 2.06. The van der Waals surface area contributed by atoms with Crippen LogP contribution in [-0.2, 0) is 0 Å². The van der Waals surface area contributed by atoms with E-state index < -0.39 is 12.6 Å². The van der Waals surface area contributed by atoms with Crippen LogP contribution in [0.25, 0.3) is 16.9 Å². The molecule has 0 spiro atoms. The molecule has 0 aliphatic heterocycles. The van der Waals surface area contributed by atoms with Crippen LogP contribution >= 0.6 is 0 Å². The Labute approximate surface area is 177 Å². The second kappa shape index (κ2) is 9.10. The number of fused-ring (bicyclic) bond motifs is 1. The first kappa shape index (κ1) is 22.2. The molecule has 0 saturated heterocycles. The molecule has 0 radical (unpaired) electrons. The number of aromatic nitrogens is 2. The van der Waals surface area contributed by atoms with Crippen LogP contribution in [0.1, 0.15) is 27.9 Å². The van der Waals surface area contributed by atoms with Crippen molar-refractivity contribution in [3.05, 3.63) is 53.3 Å². The van der Waals surface area contributed by atoms with E-state index in [2.05, 4.69) is 27.5 Å². The zero-order valence-corrected chi connectivity index (χ0v) is 17.0. The quantitative estimate of drug-likeness (QED) is 0.543. The predicted molar refractivity (Wildman–Crippen MR) is 112 cm³/mol. The van der Waals surface area contributed by atoms with Crippen molar-refractivity contribution in [2.24, 2.45) is 0 Å². The SMILES string of the molecule is CNC(=O)c1ccc(-c2cnc3c(NCCC(F)(F)F)cc(C#CCO)cn23)cc1C. The van der Waals surface area contributed by atoms with Gasteiger partial charge in [-0.3, -0.25) is 9.20 Å². The number of amides is 1. The smallest absolute Gasteiger partial charge is 0.384 e. The zero-order chi connectivity index (χ0) is 22.6. The number of pyridine rings is 1. The molecule has 2 aromatic heterocycles. The molecule has 3 aromatic rings. The van der Waals surface area contributed by atoms with Gasteiger partial charge in [-0.1, -0.05) is 17.9 Å². The number of aliphatic hydroxyl groups excluding tert-OH is 1. The molecule has 0 bridgehead atoms. The van der Waals surface area contributed by atoms with Gasteiger partial charge in [-0.15, -0.1) is 0 Å². The number of carbonyl (C=O) groups is 1. The monoisotopic (exact) mass is 430 g/mol. The number of hydrogen-bond donors (Lipinski definition) is 3. The molecular weight excluding hydrogens is 409 g/mol. The van der Waals surface area contributed by atoms with Gasteiger partial charge in [0, 0.05) is 36.5 Å². The minimum atomic E-state index is -4.28. The fraction of sp³-hybridized carbons (Fsp3) is 0.273. The van der Waals surface area contributed by atoms with Crippen LogP contribution in [0.2, 0.25) is 0 Å². The molecule has 2 heterocycles. The molecule has 0 atom stereocenters. The van der Waals surface area contributed by atoms with Crippen molar-refractivity contribution in [1.82, 2.24) is 14.7 Å². The number of aryl methyl sites for hydroxylation is 1. The molecule has 0 aliphatic rings. The van der Waals surface area contributed by atoms with Crippen LogP contribution in [0.4, 0.5) is 18.9 Å². The highest BCUT2D eigenvalue weighted by molar-refractivity contribution is 5.96. The maximum absolute atomic E-state index is 12.6. The van der Waals surface area contributed by atoms with E-state index >= 15 is 0 Å². The molecule has 6 nitrogen and oxygen atoms in total. The van der Waals surface area contributed by atoms with Crippen LogP contribution in [0.15, 0.2) is 36.7 Å². The van der Waals surface area contributed by atoms with Crippen molar-refractivity contribution in [3.8, 4) is 23.1 Å². The van der Waals surface area contributed by atoms with Crippen LogP contribution in [-0.4, -0.2) is 46.8 Å². The van der Waals surface area contributed by atoms with E-state index in [-0.39, 0.29) is 19.1 Å². The van der Waals surface area contributed by atoms with Crippen LogP contribution in [0.5, 0.6) is 0 Å². The number of nitrogens with one attached hydrogen (secondary N) is 2. The molecule has 31 heavy (non-hydrogen) atoms. The van der Waals surface area contributed by atoms with Crippen molar-refractivity contribution in [1.29, 1.82) is 0 Å². The largest absolute Gasteiger partial charge is 0.390 e. The van der Waals surface area contributed by atoms with E-state index in [4.69, 9.17) is 5.11 Å². The number of aliphatic hydroxyl groups is 1. The Morgan fingerprint density at radius 1 is 1.29 bits per heavy atom. The Morgan fingerprint density at radius 3 is 2.71 bits per heavy atom. The van der Waals surface area contributed by atoms with Gasteiger partial charge in [-0.2, -0.15) is 13.2 Å². The summed E-state index contributed by atoms with van der Waals surface area (Å²) in [5, 5.41) is 14.4. The average Bonchev–Trinajstić information content (AvgIpc) is 3.14. The molecule has 0 fully saturated rings. The topological polar surface area (TPSA) is 78.7 Å². The molecule has 0 unspecified atom stereocenters. The maximum atomic E-state index is 12.6. The number of benzene rings is 1. The second-order valence-electron chi connectivity index (χ2n) is 6.84. The molecular formula is C22H21F3N4O2. The molecule has 0 saturated carbocycles. The second-order valence-corrected chi connectivity index (χ2v) is 6.84. The standard InChI is InChI=1S/C22H21F3N4O2/c1-14-10-16(5-6-17(14)21(31)26-2)19-12-28-20-18(27-8-7-22(23,24)25)11-15(4-3-9-30)13-29(19)20/h5-6,10-13,27,30H,7-9H2,1-2H3,(H,26,31). The number of hydrogen-bond acceptors (Lipinski definition) is 4. The van der Waals surface area contributed by atoms with Gasteiger partial charge in [-0.05, 0) is 30.7 Å². The first-order chi connectivity index (χ1) is 14.7. The van der Waals surface area contributed by atoms with Gasteiger partial charge in [0.1, 0.15) is 6.61 Å². The first-order valence-corrected chi connectivity index (χ1v) is 9.48. The zero-order valence-electron chi connectivity index (χ0n) is 17.0. The van der Waals surface area contributed by atoms with E-state index in [0.717, 1.165) is 11.1 Å². The summed E-state index contributed by atoms with van der Waals surface area (Å²) in [4.78, 5) is 16.3. The maximum Gasteiger partial charge on any atom is 0.390 e. The van der Waals surface area contributed by atoms with Gasteiger partial charge in [0.25, 0.3) is 5.91 Å². The number of nitrogens with zero attached hydrogens (tertiary/aromatic N) is 2. The van der Waals surface area contributed by atoms with Crippen molar-refractivity contribution in [2.45, 2.75) is 19.5 Å². The van der Waals surface area contributed by atoms with Gasteiger partial charge >= 0.3 is 6.18 Å². The minimum absolute atomic E-state index is 0.195. The number of imidazole rings is 1. The summed E-state index contributed by atoms with van der Waals surface area (Å²) in [6, 6.07) is 6.94. The van der Waals surface area contributed by atoms with Gasteiger partial charge in [0.05, 0.1) is 24.0 Å². The number of anilines is 1. The minimum Gasteiger partial charge on any atom is -0.384 e. The molecule has 3 rings (SSSR count). The Bertz CT molecular complexity index is 1170. The van der Waals surface area contributed by atoms with E-state index in [0.29, 0.717) is 28.2 Å². The summed E-state index contributed by atoms with van der Waals surface area (Å²) in [5.74, 6) is 5.13. The van der Waals surface area contributed by atoms with Crippen molar-refractivity contribution in [3.63, 3.8) is 0 Å². The van der Waals surface area contributed by atoms with Crippen LogP contribution < -0.4 is 10.6 Å². The summed E-state index contributed by atoms with van der Waals surface area (Å²) < 4.78 is 39.4. The molecule has 0 aliphatic carbocycles. The van der Waals surface area contributed by atoms with E-state index in [9.17, 15) is 18.0 Å². The van der Waals surface area contributed by atoms with E-state index in [1.807, 2.05) is 13.0 Å². The normalized spacial score (nSPS) is 11.2. The Kier molecular flexibility index (Phi) is 6.51. The van der Waals surface area contributed by atoms with E-state index in [1.54, 1.807) is 42.0 Å². The average molecular weight is 430 g/mol. The summed E-state index contributed by atoms with van der Waals surface area (Å²) in [7, 11) is 1.56. The summed E-state index contributed by atoms with van der Waals surface area (Å²) >= 11 is 0. The number of alkyl halides is 3. The molecule has 1 amide bonds. The lowest BCUT2D eigenvalue weighted by atomic mass is 10.0. The predicted octanol–water partition coefficient (Wildman–Crippen LogP) is 3.38. The number of rotatable bonds is 5. The highest BCUT2D eigenvalue weighted by Gasteiger charge is 2.26. The molecule has 3 N–H and O–H groups in total. The third kappa shape index (κ3) is 5.16. The number of halogens is 3. The third-order valence-electron chi connectivity index (χ3n) is 4.64. The van der Waals surface area contributed by atoms with Gasteiger partial charge in [0.2, 0.25) is 0 Å². The fourth-order valence-corrected chi connectivity index (χ4v) is 3.19.